The first-order valence-corrected chi connectivity index (χ1v) is 5.62. The molecule has 13 heavy (non-hydrogen) atoms. The molecule has 1 N–H and O–H groups in total. The minimum Gasteiger partial charge on any atom is -0.400 e. The second kappa shape index (κ2) is 4.88. The van der Waals surface area contributed by atoms with Gasteiger partial charge in [0, 0.05) is 13.0 Å². The maximum absolute atomic E-state index is 10.3. The van der Waals surface area contributed by atoms with Crippen molar-refractivity contribution in [2.24, 2.45) is 5.92 Å². The highest BCUT2D eigenvalue weighted by Crippen LogP contribution is 2.47. The molecule has 0 bridgehead atoms. The number of hydrogen-bond acceptors (Lipinski definition) is 3. The molecule has 1 heterocycles. The molecule has 0 spiro atoms. The lowest BCUT2D eigenvalue weighted by molar-refractivity contribution is -0.108. The molecular formula is C9H11BrO2S. The summed E-state index contributed by atoms with van der Waals surface area (Å²) in [6.45, 7) is 0. The SMILES string of the molecule is CO.O=CC1CC1c1csc(Br)c1. The zero-order valence-electron chi connectivity index (χ0n) is 7.24. The Morgan fingerprint density at radius 2 is 2.38 bits per heavy atom. The van der Waals surface area contributed by atoms with Gasteiger partial charge in [-0.3, -0.25) is 0 Å². The molecule has 2 atom stereocenters. The second-order valence-electron chi connectivity index (χ2n) is 2.83. The first-order valence-electron chi connectivity index (χ1n) is 3.95. The van der Waals surface area contributed by atoms with E-state index in [9.17, 15) is 4.79 Å². The van der Waals surface area contributed by atoms with Crippen LogP contribution in [0.5, 0.6) is 0 Å². The van der Waals surface area contributed by atoms with E-state index in [2.05, 4.69) is 27.4 Å². The van der Waals surface area contributed by atoms with Crippen LogP contribution in [-0.4, -0.2) is 18.5 Å². The van der Waals surface area contributed by atoms with E-state index in [1.807, 2.05) is 0 Å². The van der Waals surface area contributed by atoms with Gasteiger partial charge in [-0.05, 0) is 45.3 Å². The van der Waals surface area contributed by atoms with Gasteiger partial charge in [0.2, 0.25) is 0 Å². The van der Waals surface area contributed by atoms with E-state index in [0.29, 0.717) is 11.8 Å². The Hall–Kier alpha value is -0.190. The first kappa shape index (κ1) is 10.9. The lowest BCUT2D eigenvalue weighted by atomic mass is 10.2. The Bertz CT molecular complexity index is 285. The number of carbonyl (C=O) groups excluding carboxylic acids is 1. The van der Waals surface area contributed by atoms with Gasteiger partial charge in [0.15, 0.2) is 0 Å². The lowest BCUT2D eigenvalue weighted by Crippen LogP contribution is -1.79. The van der Waals surface area contributed by atoms with Crippen molar-refractivity contribution in [3.05, 3.63) is 20.8 Å². The van der Waals surface area contributed by atoms with Gasteiger partial charge in [0.05, 0.1) is 3.79 Å². The van der Waals surface area contributed by atoms with Gasteiger partial charge in [-0.1, -0.05) is 0 Å². The number of carbonyl (C=O) groups is 1. The van der Waals surface area contributed by atoms with Crippen LogP contribution in [-0.2, 0) is 4.79 Å². The first-order chi connectivity index (χ1) is 6.31. The molecule has 0 radical (unpaired) electrons. The van der Waals surface area contributed by atoms with Gasteiger partial charge in [-0.2, -0.15) is 0 Å². The van der Waals surface area contributed by atoms with E-state index in [4.69, 9.17) is 5.11 Å². The van der Waals surface area contributed by atoms with Crippen LogP contribution in [0.1, 0.15) is 17.9 Å². The van der Waals surface area contributed by atoms with Gasteiger partial charge >= 0.3 is 0 Å². The van der Waals surface area contributed by atoms with Crippen molar-refractivity contribution in [2.75, 3.05) is 7.11 Å². The highest BCUT2D eigenvalue weighted by molar-refractivity contribution is 9.11. The predicted octanol–water partition coefficient (Wildman–Crippen LogP) is 2.42. The molecule has 72 valence electrons. The number of aliphatic hydroxyl groups excluding tert-OH is 1. The van der Waals surface area contributed by atoms with Crippen LogP contribution in [0.15, 0.2) is 15.2 Å². The van der Waals surface area contributed by atoms with Crippen molar-refractivity contribution in [2.45, 2.75) is 12.3 Å². The van der Waals surface area contributed by atoms with Crippen molar-refractivity contribution in [3.8, 4) is 0 Å². The van der Waals surface area contributed by atoms with Crippen molar-refractivity contribution < 1.29 is 9.90 Å². The molecular weight excluding hydrogens is 252 g/mol. The Morgan fingerprint density at radius 3 is 2.77 bits per heavy atom. The van der Waals surface area contributed by atoms with Crippen molar-refractivity contribution >= 4 is 33.6 Å². The van der Waals surface area contributed by atoms with Crippen molar-refractivity contribution in [1.82, 2.24) is 0 Å². The highest BCUT2D eigenvalue weighted by atomic mass is 79.9. The predicted molar refractivity (Wildman–Crippen MR) is 57.1 cm³/mol. The van der Waals surface area contributed by atoms with Crippen LogP contribution in [0.3, 0.4) is 0 Å². The minimum absolute atomic E-state index is 0.302. The molecule has 1 fully saturated rings. The molecule has 2 rings (SSSR count). The summed E-state index contributed by atoms with van der Waals surface area (Å²) in [6.07, 6.45) is 2.11. The summed E-state index contributed by atoms with van der Waals surface area (Å²) in [6, 6.07) is 2.11. The molecule has 1 aromatic heterocycles. The Balaban J connectivity index is 0.000000396. The van der Waals surface area contributed by atoms with Gasteiger partial charge in [0.1, 0.15) is 6.29 Å². The molecule has 2 nitrogen and oxygen atoms in total. The third kappa shape index (κ3) is 2.62. The fourth-order valence-electron chi connectivity index (χ4n) is 1.27. The zero-order valence-corrected chi connectivity index (χ0v) is 9.64. The van der Waals surface area contributed by atoms with Crippen LogP contribution in [0.4, 0.5) is 0 Å². The third-order valence-electron chi connectivity index (χ3n) is 2.03. The number of aliphatic hydroxyl groups is 1. The van der Waals surface area contributed by atoms with E-state index in [-0.39, 0.29) is 0 Å². The summed E-state index contributed by atoms with van der Waals surface area (Å²) in [5.74, 6) is 0.826. The Morgan fingerprint density at radius 1 is 1.69 bits per heavy atom. The molecule has 2 unspecified atom stereocenters. The van der Waals surface area contributed by atoms with Crippen LogP contribution < -0.4 is 0 Å². The molecule has 0 amide bonds. The van der Waals surface area contributed by atoms with Crippen LogP contribution in [0.2, 0.25) is 0 Å². The van der Waals surface area contributed by atoms with Crippen LogP contribution in [0.25, 0.3) is 0 Å². The largest absolute Gasteiger partial charge is 0.400 e. The summed E-state index contributed by atoms with van der Waals surface area (Å²) in [5, 5.41) is 9.12. The molecule has 0 aromatic carbocycles. The van der Waals surface area contributed by atoms with Crippen molar-refractivity contribution in [3.63, 3.8) is 0 Å². The van der Waals surface area contributed by atoms with Gasteiger partial charge in [0.25, 0.3) is 0 Å². The minimum atomic E-state index is 0.302. The fourth-order valence-corrected chi connectivity index (χ4v) is 2.51. The topological polar surface area (TPSA) is 37.3 Å². The van der Waals surface area contributed by atoms with Crippen LogP contribution >= 0.6 is 27.3 Å². The van der Waals surface area contributed by atoms with Gasteiger partial charge in [-0.15, -0.1) is 11.3 Å². The summed E-state index contributed by atoms with van der Waals surface area (Å²) >= 11 is 5.09. The summed E-state index contributed by atoms with van der Waals surface area (Å²) < 4.78 is 1.16. The third-order valence-corrected chi connectivity index (χ3v) is 3.55. The smallest absolute Gasteiger partial charge is 0.123 e. The number of aldehydes is 1. The lowest BCUT2D eigenvalue weighted by Gasteiger charge is -1.86. The van der Waals surface area contributed by atoms with E-state index < -0.39 is 0 Å². The fraction of sp³-hybridized carbons (Fsp3) is 0.444. The highest BCUT2D eigenvalue weighted by Gasteiger charge is 2.38. The van der Waals surface area contributed by atoms with E-state index in [1.54, 1.807) is 11.3 Å². The van der Waals surface area contributed by atoms with Crippen molar-refractivity contribution in [1.29, 1.82) is 0 Å². The second-order valence-corrected chi connectivity index (χ2v) is 5.12. The zero-order chi connectivity index (χ0) is 9.84. The van der Waals surface area contributed by atoms with E-state index in [0.717, 1.165) is 23.6 Å². The molecule has 1 aliphatic rings. The summed E-state index contributed by atoms with van der Waals surface area (Å²) in [5.41, 5.74) is 1.32. The van der Waals surface area contributed by atoms with E-state index >= 15 is 0 Å². The molecule has 1 aliphatic carbocycles. The molecule has 0 aliphatic heterocycles. The van der Waals surface area contributed by atoms with E-state index in [1.165, 1.54) is 5.56 Å². The number of thiophene rings is 1. The normalized spacial score (nSPS) is 24.5. The van der Waals surface area contributed by atoms with Crippen LogP contribution in [0, 0.1) is 5.92 Å². The number of halogens is 1. The standard InChI is InChI=1S/C8H7BrOS.CH4O/c9-8-2-6(4-11-8)7-1-5(7)3-10;1-2/h2-5,7H,1H2;2H,1H3. The van der Waals surface area contributed by atoms with Gasteiger partial charge < -0.3 is 9.90 Å². The Labute approximate surface area is 89.7 Å². The average molecular weight is 263 g/mol. The maximum atomic E-state index is 10.3. The molecule has 1 aromatic rings. The number of rotatable bonds is 2. The number of hydrogen-bond donors (Lipinski definition) is 1. The Kier molecular flexibility index (Phi) is 4.09. The van der Waals surface area contributed by atoms with Gasteiger partial charge in [-0.25, -0.2) is 0 Å². The molecule has 1 saturated carbocycles. The quantitative estimate of drug-likeness (QED) is 0.832. The maximum Gasteiger partial charge on any atom is 0.123 e. The summed E-state index contributed by atoms with van der Waals surface area (Å²) in [4.78, 5) is 10.3. The molecule has 4 heteroatoms. The molecule has 0 saturated heterocycles. The average Bonchev–Trinajstić information content (AvgIpc) is 2.85. The monoisotopic (exact) mass is 262 g/mol. The summed E-state index contributed by atoms with van der Waals surface area (Å²) in [7, 11) is 1.00.